The number of anilines is 1. The lowest BCUT2D eigenvalue weighted by Crippen LogP contribution is -2.48. The minimum atomic E-state index is 0.121. The first-order chi connectivity index (χ1) is 11.7. The van der Waals surface area contributed by atoms with Gasteiger partial charge in [-0.1, -0.05) is 0 Å². The maximum atomic E-state index is 11.4. The molecule has 1 aliphatic rings. The third-order valence-electron chi connectivity index (χ3n) is 4.38. The number of nitrogens with zero attached hydrogens (tertiary/aromatic N) is 5. The zero-order valence-corrected chi connectivity index (χ0v) is 13.4. The molecule has 122 valence electrons. The quantitative estimate of drug-likeness (QED) is 0.777. The maximum Gasteiger partial charge on any atom is 0.225 e. The average Bonchev–Trinajstić information content (AvgIpc) is 3.06. The highest BCUT2D eigenvalue weighted by molar-refractivity contribution is 5.92. The number of nitrogens with one attached hydrogen (secondary N) is 1. The van der Waals surface area contributed by atoms with Crippen LogP contribution in [-0.4, -0.2) is 56.9 Å². The number of aromatic nitrogens is 4. The van der Waals surface area contributed by atoms with Crippen LogP contribution in [0, 0.1) is 0 Å². The molecular weight excluding hydrogens is 304 g/mol. The molecule has 0 radical (unpaired) electrons. The third kappa shape index (κ3) is 2.58. The van der Waals surface area contributed by atoms with Gasteiger partial charge >= 0.3 is 0 Å². The second-order valence-electron chi connectivity index (χ2n) is 5.84. The highest BCUT2D eigenvalue weighted by Gasteiger charge is 2.21. The van der Waals surface area contributed by atoms with Gasteiger partial charge in [0.1, 0.15) is 5.65 Å². The monoisotopic (exact) mass is 322 g/mol. The molecule has 3 aromatic heterocycles. The summed E-state index contributed by atoms with van der Waals surface area (Å²) in [4.78, 5) is 32.0. The Kier molecular flexibility index (Phi) is 3.60. The van der Waals surface area contributed by atoms with Gasteiger partial charge in [0.25, 0.3) is 0 Å². The number of fused-ring (bicyclic) bond motifs is 1. The van der Waals surface area contributed by atoms with Crippen LogP contribution in [0.5, 0.6) is 0 Å². The van der Waals surface area contributed by atoms with Crippen molar-refractivity contribution in [2.24, 2.45) is 0 Å². The van der Waals surface area contributed by atoms with Crippen molar-refractivity contribution < 1.29 is 4.79 Å². The van der Waals surface area contributed by atoms with Gasteiger partial charge in [-0.05, 0) is 18.2 Å². The number of rotatable bonds is 2. The van der Waals surface area contributed by atoms with Gasteiger partial charge in [-0.3, -0.25) is 4.79 Å². The molecule has 1 amide bonds. The molecule has 4 heterocycles. The molecule has 1 fully saturated rings. The van der Waals surface area contributed by atoms with Gasteiger partial charge in [0, 0.05) is 62.6 Å². The van der Waals surface area contributed by atoms with E-state index < -0.39 is 0 Å². The maximum absolute atomic E-state index is 11.4. The lowest BCUT2D eigenvalue weighted by molar-refractivity contribution is -0.129. The Hall–Kier alpha value is -2.96. The summed E-state index contributed by atoms with van der Waals surface area (Å²) in [5.41, 5.74) is 2.74. The van der Waals surface area contributed by atoms with E-state index in [0.29, 0.717) is 19.0 Å². The van der Waals surface area contributed by atoms with Gasteiger partial charge < -0.3 is 14.8 Å². The zero-order valence-electron chi connectivity index (χ0n) is 13.4. The summed E-state index contributed by atoms with van der Waals surface area (Å²) in [7, 11) is 0. The molecule has 0 saturated carbocycles. The van der Waals surface area contributed by atoms with Gasteiger partial charge in [0.05, 0.1) is 5.69 Å². The molecule has 1 saturated heterocycles. The summed E-state index contributed by atoms with van der Waals surface area (Å²) >= 11 is 0. The first-order valence-corrected chi connectivity index (χ1v) is 7.98. The number of pyridine rings is 1. The van der Waals surface area contributed by atoms with E-state index in [1.807, 2.05) is 29.3 Å². The summed E-state index contributed by atoms with van der Waals surface area (Å²) in [5.74, 6) is 0.824. The Morgan fingerprint density at radius 3 is 2.75 bits per heavy atom. The van der Waals surface area contributed by atoms with Crippen LogP contribution in [0.2, 0.25) is 0 Å². The summed E-state index contributed by atoms with van der Waals surface area (Å²) < 4.78 is 0. The fourth-order valence-corrected chi connectivity index (χ4v) is 3.04. The van der Waals surface area contributed by atoms with Crippen LogP contribution >= 0.6 is 0 Å². The Labute approximate surface area is 139 Å². The molecule has 7 heteroatoms. The van der Waals surface area contributed by atoms with E-state index in [9.17, 15) is 4.79 Å². The van der Waals surface area contributed by atoms with Crippen molar-refractivity contribution in [1.82, 2.24) is 24.8 Å². The average molecular weight is 322 g/mol. The number of hydrogen-bond acceptors (Lipinski definition) is 5. The molecule has 3 aromatic rings. The van der Waals surface area contributed by atoms with Crippen LogP contribution in [0.1, 0.15) is 6.92 Å². The summed E-state index contributed by atoms with van der Waals surface area (Å²) in [6, 6.07) is 5.86. The number of carbonyl (C=O) groups excluding carboxylic acids is 1. The van der Waals surface area contributed by atoms with E-state index in [0.717, 1.165) is 35.4 Å². The van der Waals surface area contributed by atoms with E-state index in [1.165, 1.54) is 0 Å². The van der Waals surface area contributed by atoms with Crippen molar-refractivity contribution in [3.8, 4) is 11.3 Å². The Morgan fingerprint density at radius 2 is 1.96 bits per heavy atom. The van der Waals surface area contributed by atoms with E-state index >= 15 is 0 Å². The summed E-state index contributed by atoms with van der Waals surface area (Å²) in [6.07, 6.45) is 5.48. The van der Waals surface area contributed by atoms with Gasteiger partial charge in [0.2, 0.25) is 11.9 Å². The molecule has 0 spiro atoms. The Balaban J connectivity index is 1.62. The lowest BCUT2D eigenvalue weighted by atomic mass is 10.1. The van der Waals surface area contributed by atoms with Crippen molar-refractivity contribution in [2.75, 3.05) is 31.1 Å². The normalized spacial score (nSPS) is 15.0. The van der Waals surface area contributed by atoms with Crippen molar-refractivity contribution in [1.29, 1.82) is 0 Å². The number of carbonyl (C=O) groups is 1. The largest absolute Gasteiger partial charge is 0.345 e. The topological polar surface area (TPSA) is 78.0 Å². The van der Waals surface area contributed by atoms with Crippen LogP contribution in [0.3, 0.4) is 0 Å². The number of hydrogen-bond donors (Lipinski definition) is 1. The molecule has 0 aliphatic carbocycles. The highest BCUT2D eigenvalue weighted by Crippen LogP contribution is 2.26. The lowest BCUT2D eigenvalue weighted by Gasteiger charge is -2.34. The van der Waals surface area contributed by atoms with E-state index in [1.54, 1.807) is 19.3 Å². The van der Waals surface area contributed by atoms with E-state index in [2.05, 4.69) is 19.9 Å². The number of piperazine rings is 1. The molecule has 7 nitrogen and oxygen atoms in total. The molecule has 0 atom stereocenters. The van der Waals surface area contributed by atoms with Crippen molar-refractivity contribution in [3.63, 3.8) is 0 Å². The second-order valence-corrected chi connectivity index (χ2v) is 5.84. The molecule has 0 aromatic carbocycles. The van der Waals surface area contributed by atoms with Crippen LogP contribution in [0.25, 0.3) is 22.3 Å². The Morgan fingerprint density at radius 1 is 1.12 bits per heavy atom. The van der Waals surface area contributed by atoms with Crippen LogP contribution in [-0.2, 0) is 4.79 Å². The van der Waals surface area contributed by atoms with Crippen molar-refractivity contribution in [2.45, 2.75) is 6.92 Å². The highest BCUT2D eigenvalue weighted by atomic mass is 16.2. The molecule has 1 aliphatic heterocycles. The number of amides is 1. The Bertz CT molecular complexity index is 881. The second kappa shape index (κ2) is 5.92. The molecule has 4 rings (SSSR count). The number of H-pyrrole nitrogens is 1. The summed E-state index contributed by atoms with van der Waals surface area (Å²) in [6.45, 7) is 4.52. The smallest absolute Gasteiger partial charge is 0.225 e. The van der Waals surface area contributed by atoms with Gasteiger partial charge in [-0.2, -0.15) is 0 Å². The SMILES string of the molecule is CC(=O)N1CCN(c2nccc(-c3c[nH]c4ncccc34)n2)CC1. The van der Waals surface area contributed by atoms with Crippen LogP contribution in [0.4, 0.5) is 5.95 Å². The fourth-order valence-electron chi connectivity index (χ4n) is 3.04. The molecular formula is C17H18N6O. The molecule has 24 heavy (non-hydrogen) atoms. The van der Waals surface area contributed by atoms with Crippen LogP contribution in [0.15, 0.2) is 36.8 Å². The first-order valence-electron chi connectivity index (χ1n) is 7.98. The number of aromatic amines is 1. The minimum absolute atomic E-state index is 0.121. The van der Waals surface area contributed by atoms with Gasteiger partial charge in [-0.15, -0.1) is 0 Å². The van der Waals surface area contributed by atoms with Crippen molar-refractivity contribution >= 4 is 22.9 Å². The van der Waals surface area contributed by atoms with Gasteiger partial charge in [0.15, 0.2) is 0 Å². The predicted octanol–water partition coefficient (Wildman–Crippen LogP) is 1.69. The zero-order chi connectivity index (χ0) is 16.5. The van der Waals surface area contributed by atoms with Gasteiger partial charge in [-0.25, -0.2) is 15.0 Å². The fraction of sp³-hybridized carbons (Fsp3) is 0.294. The van der Waals surface area contributed by atoms with Crippen molar-refractivity contribution in [3.05, 3.63) is 36.8 Å². The molecule has 1 N–H and O–H groups in total. The van der Waals surface area contributed by atoms with E-state index in [-0.39, 0.29) is 5.91 Å². The predicted molar refractivity (Wildman–Crippen MR) is 91.6 cm³/mol. The first kappa shape index (κ1) is 14.6. The third-order valence-corrected chi connectivity index (χ3v) is 4.38. The van der Waals surface area contributed by atoms with Crippen LogP contribution < -0.4 is 4.90 Å². The summed E-state index contributed by atoms with van der Waals surface area (Å²) in [5, 5.41) is 1.04. The molecule has 0 unspecified atom stereocenters. The standard InChI is InChI=1S/C17H18N6O/c1-12(24)22-7-9-23(10-8-22)17-19-6-4-15(21-17)14-11-20-16-13(14)3-2-5-18-16/h2-6,11H,7-10H2,1H3,(H,18,20). The van der Waals surface area contributed by atoms with E-state index in [4.69, 9.17) is 4.98 Å². The minimum Gasteiger partial charge on any atom is -0.345 e. The molecule has 0 bridgehead atoms.